The highest BCUT2D eigenvalue weighted by molar-refractivity contribution is 5.73. The Kier molecular flexibility index (Phi) is 6.70. The molecule has 7 N–H and O–H groups in total. The molecule has 0 unspecified atom stereocenters. The summed E-state index contributed by atoms with van der Waals surface area (Å²) in [6.45, 7) is 2.01. The molecule has 146 valence electrons. The fraction of sp³-hybridized carbons (Fsp3) is 0.929. The van der Waals surface area contributed by atoms with Gasteiger partial charge in [0.05, 0.1) is 12.7 Å². The number of aliphatic hydroxyl groups excluding tert-OH is 6. The molecule has 25 heavy (non-hydrogen) atoms. The predicted molar refractivity (Wildman–Crippen MR) is 78.8 cm³/mol. The lowest BCUT2D eigenvalue weighted by atomic mass is 9.95. The van der Waals surface area contributed by atoms with Crippen molar-refractivity contribution in [3.8, 4) is 0 Å². The summed E-state index contributed by atoms with van der Waals surface area (Å²) in [4.78, 5) is 11.3. The van der Waals surface area contributed by atoms with E-state index >= 15 is 0 Å². The molecule has 2 aliphatic heterocycles. The van der Waals surface area contributed by atoms with Gasteiger partial charge in [-0.1, -0.05) is 0 Å². The van der Waals surface area contributed by atoms with E-state index in [0.717, 1.165) is 0 Å². The van der Waals surface area contributed by atoms with Crippen molar-refractivity contribution < 1.29 is 49.6 Å². The Morgan fingerprint density at radius 3 is 2.24 bits per heavy atom. The Hall–Kier alpha value is -0.890. The maximum absolute atomic E-state index is 11.3. The van der Waals surface area contributed by atoms with Crippen LogP contribution in [0.3, 0.4) is 0 Å². The highest BCUT2D eigenvalue weighted by atomic mass is 16.7. The van der Waals surface area contributed by atoms with Crippen molar-refractivity contribution in [1.29, 1.82) is 0 Å². The Balaban J connectivity index is 2.20. The number of carbonyl (C=O) groups is 1. The van der Waals surface area contributed by atoms with E-state index in [4.69, 9.17) is 14.2 Å². The molecule has 2 saturated heterocycles. The second kappa shape index (κ2) is 8.20. The molecule has 0 aliphatic carbocycles. The van der Waals surface area contributed by atoms with Crippen LogP contribution in [0.4, 0.5) is 0 Å². The third-order valence-electron chi connectivity index (χ3n) is 4.34. The van der Waals surface area contributed by atoms with Crippen LogP contribution in [0.15, 0.2) is 0 Å². The molecule has 11 nitrogen and oxygen atoms in total. The van der Waals surface area contributed by atoms with Gasteiger partial charge in [-0.3, -0.25) is 4.79 Å². The van der Waals surface area contributed by atoms with Crippen LogP contribution < -0.4 is 5.32 Å². The fourth-order valence-electron chi connectivity index (χ4n) is 2.92. The van der Waals surface area contributed by atoms with Crippen molar-refractivity contribution in [3.63, 3.8) is 0 Å². The van der Waals surface area contributed by atoms with Crippen molar-refractivity contribution in [2.75, 3.05) is 6.61 Å². The maximum Gasteiger partial charge on any atom is 0.217 e. The molecule has 2 aliphatic rings. The maximum atomic E-state index is 11.3. The summed E-state index contributed by atoms with van der Waals surface area (Å²) < 4.78 is 15.8. The number of nitrogens with one attached hydrogen (secondary N) is 1. The van der Waals surface area contributed by atoms with E-state index < -0.39 is 73.9 Å². The van der Waals surface area contributed by atoms with Crippen LogP contribution in [0.5, 0.6) is 0 Å². The molecule has 0 bridgehead atoms. The Morgan fingerprint density at radius 1 is 1.04 bits per heavy atom. The fourth-order valence-corrected chi connectivity index (χ4v) is 2.92. The first-order chi connectivity index (χ1) is 11.7. The predicted octanol–water partition coefficient (Wildman–Crippen LogP) is -4.23. The monoisotopic (exact) mass is 367 g/mol. The van der Waals surface area contributed by atoms with Gasteiger partial charge >= 0.3 is 0 Å². The van der Waals surface area contributed by atoms with Crippen LogP contribution in [0.1, 0.15) is 13.8 Å². The number of ether oxygens (including phenoxy) is 3. The van der Waals surface area contributed by atoms with E-state index in [2.05, 4.69) is 5.32 Å². The molecule has 0 radical (unpaired) electrons. The topological polar surface area (TPSA) is 178 Å². The average molecular weight is 367 g/mol. The van der Waals surface area contributed by atoms with Crippen LogP contribution in [0, 0.1) is 0 Å². The molecule has 0 aromatic rings. The molecule has 11 heteroatoms. The van der Waals surface area contributed by atoms with Crippen molar-refractivity contribution in [3.05, 3.63) is 0 Å². The highest BCUT2D eigenvalue weighted by Crippen LogP contribution is 2.28. The lowest BCUT2D eigenvalue weighted by Gasteiger charge is -2.46. The third-order valence-corrected chi connectivity index (χ3v) is 4.34. The van der Waals surface area contributed by atoms with Gasteiger partial charge in [-0.25, -0.2) is 0 Å². The average Bonchev–Trinajstić information content (AvgIpc) is 2.56. The lowest BCUT2D eigenvalue weighted by molar-refractivity contribution is -0.337. The van der Waals surface area contributed by atoms with E-state index in [1.165, 1.54) is 13.8 Å². The zero-order chi connectivity index (χ0) is 18.9. The molecule has 0 aromatic heterocycles. The van der Waals surface area contributed by atoms with E-state index in [1.54, 1.807) is 0 Å². The van der Waals surface area contributed by atoms with Gasteiger partial charge in [-0.05, 0) is 6.92 Å². The normalized spacial score (nSPS) is 48.2. The van der Waals surface area contributed by atoms with Crippen molar-refractivity contribution in [1.82, 2.24) is 5.32 Å². The van der Waals surface area contributed by atoms with Crippen LogP contribution in [-0.2, 0) is 19.0 Å². The first-order valence-corrected chi connectivity index (χ1v) is 7.92. The molecular weight excluding hydrogens is 342 g/mol. The second-order valence-corrected chi connectivity index (χ2v) is 6.25. The van der Waals surface area contributed by atoms with Crippen LogP contribution >= 0.6 is 0 Å². The molecule has 10 atom stereocenters. The number of carbonyl (C=O) groups excluding carboxylic acids is 1. The van der Waals surface area contributed by atoms with Gasteiger partial charge in [0.25, 0.3) is 0 Å². The molecule has 0 aromatic carbocycles. The Morgan fingerprint density at radius 2 is 1.68 bits per heavy atom. The molecular formula is C14H25NO10. The Bertz CT molecular complexity index is 465. The molecule has 1 amide bonds. The summed E-state index contributed by atoms with van der Waals surface area (Å²) in [6, 6.07) is -1.22. The summed E-state index contributed by atoms with van der Waals surface area (Å²) in [5.74, 6) is -0.537. The van der Waals surface area contributed by atoms with Crippen molar-refractivity contribution in [2.45, 2.75) is 75.2 Å². The minimum Gasteiger partial charge on any atom is -0.394 e. The van der Waals surface area contributed by atoms with E-state index in [9.17, 15) is 35.4 Å². The van der Waals surface area contributed by atoms with E-state index in [0.29, 0.717) is 0 Å². The Labute approximate surface area is 143 Å². The SMILES string of the molecule is CC(=O)N[C@@H]1[C@@H](O[C@@H]2O[C@@H](C)[C@H](O)[C@@H](O)[C@H]2O)[C@@H](O)[C@@H](CO)O[C@@H]1O. The lowest BCUT2D eigenvalue weighted by Crippen LogP contribution is -2.67. The third kappa shape index (κ3) is 4.27. The van der Waals surface area contributed by atoms with Gasteiger partial charge in [0.2, 0.25) is 5.91 Å². The van der Waals surface area contributed by atoms with Gasteiger partial charge in [0.15, 0.2) is 12.6 Å². The summed E-state index contributed by atoms with van der Waals surface area (Å²) in [6.07, 6.45) is -12.4. The van der Waals surface area contributed by atoms with Gasteiger partial charge in [-0.2, -0.15) is 0 Å². The number of hydrogen-bond donors (Lipinski definition) is 7. The largest absolute Gasteiger partial charge is 0.394 e. The number of amides is 1. The van der Waals surface area contributed by atoms with Crippen molar-refractivity contribution in [2.24, 2.45) is 0 Å². The van der Waals surface area contributed by atoms with E-state index in [-0.39, 0.29) is 0 Å². The van der Waals surface area contributed by atoms with Gasteiger partial charge in [0.1, 0.15) is 42.7 Å². The first kappa shape index (κ1) is 20.4. The van der Waals surface area contributed by atoms with E-state index in [1.807, 2.05) is 0 Å². The quantitative estimate of drug-likeness (QED) is 0.257. The number of hydrogen-bond acceptors (Lipinski definition) is 10. The van der Waals surface area contributed by atoms with Crippen LogP contribution in [-0.4, -0.2) is 105 Å². The zero-order valence-electron chi connectivity index (χ0n) is 13.8. The molecule has 2 rings (SSSR count). The first-order valence-electron chi connectivity index (χ1n) is 7.92. The molecule has 2 fully saturated rings. The number of aliphatic hydroxyl groups is 6. The molecule has 0 spiro atoms. The van der Waals surface area contributed by atoms with Gasteiger partial charge < -0.3 is 50.2 Å². The summed E-state index contributed by atoms with van der Waals surface area (Å²) in [5, 5.41) is 61.5. The summed E-state index contributed by atoms with van der Waals surface area (Å²) in [5.41, 5.74) is 0. The van der Waals surface area contributed by atoms with Gasteiger partial charge in [-0.15, -0.1) is 0 Å². The minimum absolute atomic E-state index is 0.537. The van der Waals surface area contributed by atoms with Gasteiger partial charge in [0, 0.05) is 6.92 Å². The standard InChI is InChI=1S/C14H25NO10/c1-4-8(18)10(20)11(21)14(23-4)25-12-7(15-5(2)17)13(22)24-6(3-16)9(12)19/h4,6-14,16,18-22H,3H2,1-2H3,(H,15,17)/t4-,6+,7+,8-,9-,10+,11+,12+,13-,14-/m0/s1. The molecule has 2 heterocycles. The van der Waals surface area contributed by atoms with Crippen LogP contribution in [0.2, 0.25) is 0 Å². The van der Waals surface area contributed by atoms with Crippen LogP contribution in [0.25, 0.3) is 0 Å². The zero-order valence-corrected chi connectivity index (χ0v) is 13.8. The molecule has 0 saturated carbocycles. The highest BCUT2D eigenvalue weighted by Gasteiger charge is 2.50. The number of rotatable bonds is 4. The minimum atomic E-state index is -1.64. The second-order valence-electron chi connectivity index (χ2n) is 6.25. The summed E-state index contributed by atoms with van der Waals surface area (Å²) >= 11 is 0. The summed E-state index contributed by atoms with van der Waals surface area (Å²) in [7, 11) is 0. The van der Waals surface area contributed by atoms with Crippen molar-refractivity contribution >= 4 is 5.91 Å². The smallest absolute Gasteiger partial charge is 0.217 e.